The molecule has 0 nitrogen and oxygen atoms in total. The maximum Gasteiger partial charge on any atom is 0.0253 e. The van der Waals surface area contributed by atoms with Crippen LogP contribution >= 0.6 is 22.6 Å². The largest absolute Gasteiger partial charge is 0.0871 e. The highest BCUT2D eigenvalue weighted by atomic mass is 127. The first-order valence-electron chi connectivity index (χ1n) is 5.76. The molecule has 0 bridgehead atoms. The standard InChI is InChI=1S/C13H15I.C2H6/c1-3-7-11(4-2)13-9-6-5-8-12(13)10-14;1-2/h3-9H,10H2,1-2H3;1-2H3/b7-3-,11-4+;. The van der Waals surface area contributed by atoms with E-state index in [0.717, 1.165) is 4.43 Å². The third-order valence-electron chi connectivity index (χ3n) is 2.13. The van der Waals surface area contributed by atoms with E-state index < -0.39 is 0 Å². The van der Waals surface area contributed by atoms with E-state index >= 15 is 0 Å². The van der Waals surface area contributed by atoms with Gasteiger partial charge in [0.1, 0.15) is 0 Å². The van der Waals surface area contributed by atoms with Crippen LogP contribution in [0.25, 0.3) is 5.57 Å². The van der Waals surface area contributed by atoms with Gasteiger partial charge in [-0.15, -0.1) is 0 Å². The van der Waals surface area contributed by atoms with Gasteiger partial charge in [-0.25, -0.2) is 0 Å². The van der Waals surface area contributed by atoms with Crippen LogP contribution in [0, 0.1) is 0 Å². The third-order valence-corrected chi connectivity index (χ3v) is 2.95. The Morgan fingerprint density at radius 1 is 1.19 bits per heavy atom. The fourth-order valence-electron chi connectivity index (χ4n) is 1.44. The van der Waals surface area contributed by atoms with Crippen molar-refractivity contribution in [2.75, 3.05) is 0 Å². The van der Waals surface area contributed by atoms with Crippen molar-refractivity contribution in [2.45, 2.75) is 32.1 Å². The van der Waals surface area contributed by atoms with Crippen molar-refractivity contribution in [3.63, 3.8) is 0 Å². The number of hydrogen-bond donors (Lipinski definition) is 0. The van der Waals surface area contributed by atoms with Crippen molar-refractivity contribution >= 4 is 28.2 Å². The maximum atomic E-state index is 2.41. The van der Waals surface area contributed by atoms with Gasteiger partial charge in [-0.05, 0) is 30.5 Å². The molecule has 0 N–H and O–H groups in total. The Kier molecular flexibility index (Phi) is 9.30. The Bertz CT molecular complexity index is 348. The van der Waals surface area contributed by atoms with Gasteiger partial charge in [0.2, 0.25) is 0 Å². The Morgan fingerprint density at radius 3 is 2.31 bits per heavy atom. The molecular weight excluding hydrogens is 307 g/mol. The maximum absolute atomic E-state index is 2.41. The SMILES string of the molecule is C/C=C\C(=C/C)c1ccccc1CI.CC. The van der Waals surface area contributed by atoms with Crippen molar-refractivity contribution in [1.29, 1.82) is 0 Å². The highest BCUT2D eigenvalue weighted by Crippen LogP contribution is 2.22. The number of rotatable bonds is 3. The lowest BCUT2D eigenvalue weighted by molar-refractivity contribution is 1.41. The quantitative estimate of drug-likeness (QED) is 0.383. The van der Waals surface area contributed by atoms with Crippen LogP contribution in [0.2, 0.25) is 0 Å². The first kappa shape index (κ1) is 15.4. The summed E-state index contributed by atoms with van der Waals surface area (Å²) in [6, 6.07) is 8.57. The van der Waals surface area contributed by atoms with E-state index in [4.69, 9.17) is 0 Å². The molecule has 0 heterocycles. The van der Waals surface area contributed by atoms with Gasteiger partial charge < -0.3 is 0 Å². The molecule has 0 amide bonds. The second kappa shape index (κ2) is 9.64. The number of allylic oxidation sites excluding steroid dienone is 4. The molecule has 0 atom stereocenters. The number of benzene rings is 1. The zero-order valence-corrected chi connectivity index (χ0v) is 12.8. The highest BCUT2D eigenvalue weighted by Gasteiger charge is 2.01. The average Bonchev–Trinajstić information content (AvgIpc) is 2.38. The molecule has 16 heavy (non-hydrogen) atoms. The first-order valence-corrected chi connectivity index (χ1v) is 7.29. The Labute approximate surface area is 114 Å². The lowest BCUT2D eigenvalue weighted by atomic mass is 10.0. The molecule has 0 unspecified atom stereocenters. The minimum absolute atomic E-state index is 1.06. The number of alkyl halides is 1. The molecule has 0 saturated carbocycles. The topological polar surface area (TPSA) is 0 Å². The van der Waals surface area contributed by atoms with E-state index in [0.29, 0.717) is 0 Å². The summed E-state index contributed by atoms with van der Waals surface area (Å²) in [5.74, 6) is 0. The second-order valence-electron chi connectivity index (χ2n) is 3.03. The molecule has 0 fully saturated rings. The van der Waals surface area contributed by atoms with Gasteiger partial charge in [0.05, 0.1) is 0 Å². The summed E-state index contributed by atoms with van der Waals surface area (Å²) in [6.07, 6.45) is 6.40. The van der Waals surface area contributed by atoms with Crippen molar-refractivity contribution in [1.82, 2.24) is 0 Å². The molecule has 1 aromatic rings. The fourth-order valence-corrected chi connectivity index (χ4v) is 2.10. The Hall–Kier alpha value is -0.570. The van der Waals surface area contributed by atoms with Crippen LogP contribution in [0.4, 0.5) is 0 Å². The van der Waals surface area contributed by atoms with Gasteiger partial charge in [-0.2, -0.15) is 0 Å². The lowest BCUT2D eigenvalue weighted by Crippen LogP contribution is -1.88. The minimum Gasteiger partial charge on any atom is -0.0871 e. The summed E-state index contributed by atoms with van der Waals surface area (Å²) in [6.45, 7) is 8.13. The van der Waals surface area contributed by atoms with Crippen LogP contribution in [0.1, 0.15) is 38.8 Å². The summed E-state index contributed by atoms with van der Waals surface area (Å²) in [5, 5.41) is 0. The molecule has 1 rings (SSSR count). The number of hydrogen-bond acceptors (Lipinski definition) is 0. The van der Waals surface area contributed by atoms with Gasteiger partial charge in [-0.3, -0.25) is 0 Å². The van der Waals surface area contributed by atoms with E-state index in [9.17, 15) is 0 Å². The molecule has 1 aromatic carbocycles. The van der Waals surface area contributed by atoms with Gasteiger partial charge in [0.15, 0.2) is 0 Å². The van der Waals surface area contributed by atoms with E-state index in [2.05, 4.69) is 78.9 Å². The lowest BCUT2D eigenvalue weighted by Gasteiger charge is -2.07. The summed E-state index contributed by atoms with van der Waals surface area (Å²) in [5.41, 5.74) is 4.06. The van der Waals surface area contributed by atoms with Crippen LogP contribution in [0.15, 0.2) is 42.5 Å². The molecule has 0 spiro atoms. The minimum atomic E-state index is 1.06. The summed E-state index contributed by atoms with van der Waals surface area (Å²) >= 11 is 2.41. The second-order valence-corrected chi connectivity index (χ2v) is 3.80. The third kappa shape index (κ3) is 4.52. The van der Waals surface area contributed by atoms with E-state index in [-0.39, 0.29) is 0 Å². The smallest absolute Gasteiger partial charge is 0.0253 e. The van der Waals surface area contributed by atoms with E-state index in [1.165, 1.54) is 16.7 Å². The van der Waals surface area contributed by atoms with Crippen LogP contribution in [-0.2, 0) is 4.43 Å². The van der Waals surface area contributed by atoms with Gasteiger partial charge in [-0.1, -0.05) is 78.9 Å². The van der Waals surface area contributed by atoms with Crippen molar-refractivity contribution in [3.05, 3.63) is 53.6 Å². The van der Waals surface area contributed by atoms with Crippen molar-refractivity contribution in [3.8, 4) is 0 Å². The van der Waals surface area contributed by atoms with E-state index in [1.807, 2.05) is 13.8 Å². The monoisotopic (exact) mass is 328 g/mol. The molecule has 0 aromatic heterocycles. The molecule has 0 aliphatic carbocycles. The van der Waals surface area contributed by atoms with Crippen LogP contribution in [0.5, 0.6) is 0 Å². The summed E-state index contributed by atoms with van der Waals surface area (Å²) in [7, 11) is 0. The summed E-state index contributed by atoms with van der Waals surface area (Å²) in [4.78, 5) is 0. The molecule has 0 aliphatic heterocycles. The van der Waals surface area contributed by atoms with E-state index in [1.54, 1.807) is 0 Å². The zero-order valence-electron chi connectivity index (χ0n) is 10.6. The normalized spacial score (nSPS) is 11.2. The van der Waals surface area contributed by atoms with Crippen LogP contribution in [-0.4, -0.2) is 0 Å². The zero-order chi connectivity index (χ0) is 12.4. The van der Waals surface area contributed by atoms with Gasteiger partial charge >= 0.3 is 0 Å². The molecule has 88 valence electrons. The molecule has 0 radical (unpaired) electrons. The predicted molar refractivity (Wildman–Crippen MR) is 84.0 cm³/mol. The number of halogens is 1. The molecular formula is C15H21I. The Morgan fingerprint density at radius 2 is 1.81 bits per heavy atom. The van der Waals surface area contributed by atoms with Crippen molar-refractivity contribution < 1.29 is 0 Å². The fraction of sp³-hybridized carbons (Fsp3) is 0.333. The van der Waals surface area contributed by atoms with Crippen LogP contribution < -0.4 is 0 Å². The van der Waals surface area contributed by atoms with Gasteiger partial charge in [0.25, 0.3) is 0 Å². The van der Waals surface area contributed by atoms with Crippen molar-refractivity contribution in [2.24, 2.45) is 0 Å². The summed E-state index contributed by atoms with van der Waals surface area (Å²) < 4.78 is 1.06. The molecule has 0 saturated heterocycles. The predicted octanol–water partition coefficient (Wildman–Crippen LogP) is 5.63. The van der Waals surface area contributed by atoms with Gasteiger partial charge in [0, 0.05) is 4.43 Å². The highest BCUT2D eigenvalue weighted by molar-refractivity contribution is 14.1. The average molecular weight is 328 g/mol. The Balaban J connectivity index is 0.00000106. The van der Waals surface area contributed by atoms with Crippen LogP contribution in [0.3, 0.4) is 0 Å². The molecule has 1 heteroatoms. The molecule has 0 aliphatic rings. The first-order chi connectivity index (χ1) is 7.83.